The number of nitrogens with one attached hydrogen (secondary N) is 1. The van der Waals surface area contributed by atoms with Gasteiger partial charge in [-0.1, -0.05) is 29.8 Å². The van der Waals surface area contributed by atoms with Crippen LogP contribution in [0.3, 0.4) is 0 Å². The highest BCUT2D eigenvalue weighted by atomic mass is 35.5. The SMILES string of the molecule is Cc1cc(C)c(N2CC(C(=O)NCc3ccc(F)cc3)CC2=O)c(Cl)c1. The zero-order chi connectivity index (χ0) is 18.8. The number of carbonyl (C=O) groups excluding carboxylic acids is 2. The largest absolute Gasteiger partial charge is 0.352 e. The lowest BCUT2D eigenvalue weighted by Crippen LogP contribution is -2.32. The van der Waals surface area contributed by atoms with E-state index in [1.807, 2.05) is 26.0 Å². The van der Waals surface area contributed by atoms with Crippen molar-refractivity contribution >= 4 is 29.1 Å². The highest BCUT2D eigenvalue weighted by Gasteiger charge is 2.36. The van der Waals surface area contributed by atoms with Gasteiger partial charge in [-0.05, 0) is 48.7 Å². The summed E-state index contributed by atoms with van der Waals surface area (Å²) in [7, 11) is 0. The molecule has 136 valence electrons. The molecule has 1 heterocycles. The lowest BCUT2D eigenvalue weighted by atomic mass is 10.1. The predicted molar refractivity (Wildman–Crippen MR) is 99.6 cm³/mol. The van der Waals surface area contributed by atoms with Gasteiger partial charge in [-0.25, -0.2) is 4.39 Å². The predicted octanol–water partition coefficient (Wildman–Crippen LogP) is 3.77. The van der Waals surface area contributed by atoms with Crippen molar-refractivity contribution in [2.24, 2.45) is 5.92 Å². The molecule has 0 bridgehead atoms. The van der Waals surface area contributed by atoms with Crippen LogP contribution in [0.1, 0.15) is 23.1 Å². The number of amides is 2. The maximum Gasteiger partial charge on any atom is 0.227 e. The first kappa shape index (κ1) is 18.4. The molecule has 1 saturated heterocycles. The van der Waals surface area contributed by atoms with E-state index in [-0.39, 0.29) is 24.1 Å². The molecule has 4 nitrogen and oxygen atoms in total. The first-order valence-corrected chi connectivity index (χ1v) is 8.82. The van der Waals surface area contributed by atoms with Crippen LogP contribution in [-0.4, -0.2) is 18.4 Å². The standard InChI is InChI=1S/C20H20ClFN2O2/c1-12-7-13(2)19(17(21)8-12)24-11-15(9-18(24)25)20(26)23-10-14-3-5-16(22)6-4-14/h3-8,15H,9-11H2,1-2H3,(H,23,26). The maximum absolute atomic E-state index is 12.9. The average Bonchev–Trinajstić information content (AvgIpc) is 2.95. The van der Waals surface area contributed by atoms with E-state index in [1.54, 1.807) is 17.0 Å². The van der Waals surface area contributed by atoms with Crippen LogP contribution in [0.2, 0.25) is 5.02 Å². The maximum atomic E-state index is 12.9. The van der Waals surface area contributed by atoms with Gasteiger partial charge in [0.1, 0.15) is 5.82 Å². The molecule has 6 heteroatoms. The fourth-order valence-electron chi connectivity index (χ4n) is 3.29. The number of hydrogen-bond donors (Lipinski definition) is 1. The van der Waals surface area contributed by atoms with Crippen LogP contribution in [0.5, 0.6) is 0 Å². The Balaban J connectivity index is 1.67. The molecule has 2 amide bonds. The smallest absolute Gasteiger partial charge is 0.227 e. The third-order valence-corrected chi connectivity index (χ3v) is 4.83. The summed E-state index contributed by atoms with van der Waals surface area (Å²) >= 11 is 6.34. The van der Waals surface area contributed by atoms with Gasteiger partial charge in [0.2, 0.25) is 11.8 Å². The molecule has 0 saturated carbocycles. The molecule has 1 N–H and O–H groups in total. The second-order valence-corrected chi connectivity index (χ2v) is 7.07. The van der Waals surface area contributed by atoms with Crippen molar-refractivity contribution in [3.63, 3.8) is 0 Å². The molecule has 1 aliphatic heterocycles. The molecule has 0 aromatic heterocycles. The first-order valence-electron chi connectivity index (χ1n) is 8.44. The van der Waals surface area contributed by atoms with Gasteiger partial charge in [0, 0.05) is 19.5 Å². The van der Waals surface area contributed by atoms with Gasteiger partial charge in [-0.3, -0.25) is 9.59 Å². The number of hydrogen-bond acceptors (Lipinski definition) is 2. The van der Waals surface area contributed by atoms with E-state index in [1.165, 1.54) is 12.1 Å². The van der Waals surface area contributed by atoms with E-state index in [0.29, 0.717) is 23.8 Å². The number of halogens is 2. The van der Waals surface area contributed by atoms with E-state index in [0.717, 1.165) is 16.7 Å². The number of rotatable bonds is 4. The van der Waals surface area contributed by atoms with Crippen LogP contribution in [0.25, 0.3) is 0 Å². The minimum Gasteiger partial charge on any atom is -0.352 e. The van der Waals surface area contributed by atoms with Crippen molar-refractivity contribution in [1.82, 2.24) is 5.32 Å². The summed E-state index contributed by atoms with van der Waals surface area (Å²) in [5.74, 6) is -1.05. The summed E-state index contributed by atoms with van der Waals surface area (Å²) in [5, 5.41) is 3.33. The van der Waals surface area contributed by atoms with Gasteiger partial charge in [0.25, 0.3) is 0 Å². The lowest BCUT2D eigenvalue weighted by Gasteiger charge is -2.21. The molecule has 26 heavy (non-hydrogen) atoms. The van der Waals surface area contributed by atoms with Crippen LogP contribution < -0.4 is 10.2 Å². The topological polar surface area (TPSA) is 49.4 Å². The quantitative estimate of drug-likeness (QED) is 0.885. The van der Waals surface area contributed by atoms with E-state index >= 15 is 0 Å². The van der Waals surface area contributed by atoms with Gasteiger partial charge in [-0.2, -0.15) is 0 Å². The van der Waals surface area contributed by atoms with E-state index < -0.39 is 5.92 Å². The highest BCUT2D eigenvalue weighted by Crippen LogP contribution is 2.35. The lowest BCUT2D eigenvalue weighted by molar-refractivity contribution is -0.126. The van der Waals surface area contributed by atoms with Crippen LogP contribution in [0.15, 0.2) is 36.4 Å². The number of anilines is 1. The number of benzene rings is 2. The number of nitrogens with zero attached hydrogens (tertiary/aromatic N) is 1. The van der Waals surface area contributed by atoms with Gasteiger partial charge in [0.15, 0.2) is 0 Å². The molecule has 2 aromatic carbocycles. The van der Waals surface area contributed by atoms with Gasteiger partial charge in [0.05, 0.1) is 16.6 Å². The van der Waals surface area contributed by atoms with Crippen molar-refractivity contribution in [2.45, 2.75) is 26.8 Å². The Morgan fingerprint density at radius 3 is 2.62 bits per heavy atom. The Morgan fingerprint density at radius 1 is 1.27 bits per heavy atom. The molecule has 0 aliphatic carbocycles. The zero-order valence-electron chi connectivity index (χ0n) is 14.7. The minimum atomic E-state index is -0.431. The van der Waals surface area contributed by atoms with E-state index in [4.69, 9.17) is 11.6 Å². The molecule has 0 radical (unpaired) electrons. The fraction of sp³-hybridized carbons (Fsp3) is 0.300. The monoisotopic (exact) mass is 374 g/mol. The van der Waals surface area contributed by atoms with Crippen molar-refractivity contribution in [2.75, 3.05) is 11.4 Å². The molecule has 1 unspecified atom stereocenters. The van der Waals surface area contributed by atoms with Crippen molar-refractivity contribution < 1.29 is 14.0 Å². The van der Waals surface area contributed by atoms with Crippen molar-refractivity contribution in [3.05, 3.63) is 63.9 Å². The Morgan fingerprint density at radius 2 is 1.96 bits per heavy atom. The van der Waals surface area contributed by atoms with Crippen LogP contribution in [-0.2, 0) is 16.1 Å². The summed E-state index contributed by atoms with van der Waals surface area (Å²) in [6.45, 7) is 4.45. The molecule has 1 fully saturated rings. The minimum absolute atomic E-state index is 0.110. The third-order valence-electron chi connectivity index (χ3n) is 4.54. The fourth-order valence-corrected chi connectivity index (χ4v) is 3.71. The first-order chi connectivity index (χ1) is 12.3. The summed E-state index contributed by atoms with van der Waals surface area (Å²) in [6, 6.07) is 9.73. The van der Waals surface area contributed by atoms with E-state index in [9.17, 15) is 14.0 Å². The van der Waals surface area contributed by atoms with Crippen LogP contribution in [0, 0.1) is 25.6 Å². The van der Waals surface area contributed by atoms with Crippen molar-refractivity contribution in [1.29, 1.82) is 0 Å². The summed E-state index contributed by atoms with van der Waals surface area (Å²) in [6.07, 6.45) is 0.152. The highest BCUT2D eigenvalue weighted by molar-refractivity contribution is 6.34. The van der Waals surface area contributed by atoms with Crippen LogP contribution >= 0.6 is 11.6 Å². The second kappa shape index (κ2) is 7.46. The molecule has 0 spiro atoms. The number of aryl methyl sites for hydroxylation is 2. The Kier molecular flexibility index (Phi) is 5.28. The van der Waals surface area contributed by atoms with Gasteiger partial charge >= 0.3 is 0 Å². The summed E-state index contributed by atoms with van der Waals surface area (Å²) in [5.41, 5.74) is 3.42. The Labute approximate surface area is 157 Å². The van der Waals surface area contributed by atoms with Gasteiger partial charge < -0.3 is 10.2 Å². The second-order valence-electron chi connectivity index (χ2n) is 6.66. The third kappa shape index (κ3) is 3.88. The van der Waals surface area contributed by atoms with Gasteiger partial charge in [-0.15, -0.1) is 0 Å². The Hall–Kier alpha value is -2.40. The molecule has 1 aliphatic rings. The zero-order valence-corrected chi connectivity index (χ0v) is 15.4. The number of carbonyl (C=O) groups is 2. The van der Waals surface area contributed by atoms with Crippen LogP contribution in [0.4, 0.5) is 10.1 Å². The normalized spacial score (nSPS) is 16.8. The average molecular weight is 375 g/mol. The molecule has 3 rings (SSSR count). The summed E-state index contributed by atoms with van der Waals surface area (Å²) in [4.78, 5) is 26.5. The summed E-state index contributed by atoms with van der Waals surface area (Å²) < 4.78 is 12.9. The van der Waals surface area contributed by atoms with E-state index in [2.05, 4.69) is 5.32 Å². The molecule has 1 atom stereocenters. The molecular formula is C20H20ClFN2O2. The molecule has 2 aromatic rings. The van der Waals surface area contributed by atoms with Crippen molar-refractivity contribution in [3.8, 4) is 0 Å². The Bertz CT molecular complexity index is 828. The molecular weight excluding hydrogens is 355 g/mol.